The first kappa shape index (κ1) is 12.3. The van der Waals surface area contributed by atoms with Gasteiger partial charge in [-0.1, -0.05) is 13.8 Å². The smallest absolute Gasteiger partial charge is 0.148 e. The molecule has 2 rings (SSSR count). The van der Waals surface area contributed by atoms with Crippen molar-refractivity contribution in [1.82, 2.24) is 15.1 Å². The van der Waals surface area contributed by atoms with E-state index in [1.165, 1.54) is 0 Å². The van der Waals surface area contributed by atoms with Crippen LogP contribution in [0.1, 0.15) is 13.8 Å². The molecule has 2 aliphatic rings. The maximum Gasteiger partial charge on any atom is 0.148 e. The molecule has 0 spiro atoms. The van der Waals surface area contributed by atoms with E-state index in [2.05, 4.69) is 29.0 Å². The molecule has 0 radical (unpaired) electrons. The van der Waals surface area contributed by atoms with Crippen molar-refractivity contribution in [2.24, 2.45) is 5.92 Å². The molecule has 2 aliphatic heterocycles. The Labute approximate surface area is 98.0 Å². The van der Waals surface area contributed by atoms with Gasteiger partial charge in [-0.25, -0.2) is 4.39 Å². The lowest BCUT2D eigenvalue weighted by atomic mass is 9.94. The predicted octanol–water partition coefficient (Wildman–Crippen LogP) is 0.572. The van der Waals surface area contributed by atoms with E-state index in [1.807, 2.05) is 0 Å². The van der Waals surface area contributed by atoms with Gasteiger partial charge in [0.15, 0.2) is 0 Å². The Kier molecular flexibility index (Phi) is 3.82. The Morgan fingerprint density at radius 3 is 2.38 bits per heavy atom. The fourth-order valence-electron chi connectivity index (χ4n) is 2.77. The molecule has 3 nitrogen and oxygen atoms in total. The Hall–Kier alpha value is -0.190. The molecule has 0 saturated carbocycles. The van der Waals surface area contributed by atoms with Crippen LogP contribution >= 0.6 is 0 Å². The summed E-state index contributed by atoms with van der Waals surface area (Å²) in [5.41, 5.74) is -0.938. The highest BCUT2D eigenvalue weighted by Gasteiger charge is 2.44. The third kappa shape index (κ3) is 3.15. The molecule has 0 amide bonds. The molecular formula is C12H24FN3. The average Bonchev–Trinajstić information content (AvgIpc) is 2.16. The lowest BCUT2D eigenvalue weighted by Gasteiger charge is -2.47. The molecule has 0 aliphatic carbocycles. The molecule has 1 N–H and O–H groups in total. The monoisotopic (exact) mass is 229 g/mol. The van der Waals surface area contributed by atoms with Crippen LogP contribution in [0, 0.1) is 5.92 Å². The Bertz CT molecular complexity index is 220. The van der Waals surface area contributed by atoms with Crippen LogP contribution in [0.3, 0.4) is 0 Å². The molecule has 2 fully saturated rings. The van der Waals surface area contributed by atoms with E-state index in [4.69, 9.17) is 0 Å². The van der Waals surface area contributed by atoms with E-state index >= 15 is 0 Å². The molecule has 0 aromatic heterocycles. The van der Waals surface area contributed by atoms with Crippen LogP contribution in [0.4, 0.5) is 4.39 Å². The first-order chi connectivity index (χ1) is 7.57. The van der Waals surface area contributed by atoms with Crippen molar-refractivity contribution in [3.05, 3.63) is 0 Å². The highest BCUT2D eigenvalue weighted by atomic mass is 19.1. The summed E-state index contributed by atoms with van der Waals surface area (Å²) in [6.07, 6.45) is 0. The Morgan fingerprint density at radius 1 is 1.19 bits per heavy atom. The predicted molar refractivity (Wildman–Crippen MR) is 64.4 cm³/mol. The second kappa shape index (κ2) is 4.98. The minimum atomic E-state index is -0.938. The van der Waals surface area contributed by atoms with Crippen molar-refractivity contribution in [2.75, 3.05) is 52.4 Å². The quantitative estimate of drug-likeness (QED) is 0.760. The second-order valence-electron chi connectivity index (χ2n) is 5.74. The summed E-state index contributed by atoms with van der Waals surface area (Å²) in [6, 6.07) is 0. The van der Waals surface area contributed by atoms with E-state index in [0.29, 0.717) is 25.6 Å². The van der Waals surface area contributed by atoms with Gasteiger partial charge in [-0.05, 0) is 5.92 Å². The highest BCUT2D eigenvalue weighted by Crippen LogP contribution is 2.27. The molecule has 0 bridgehead atoms. The van der Waals surface area contributed by atoms with E-state index < -0.39 is 5.67 Å². The topological polar surface area (TPSA) is 18.5 Å². The summed E-state index contributed by atoms with van der Waals surface area (Å²) in [6.45, 7) is 11.3. The van der Waals surface area contributed by atoms with Crippen molar-refractivity contribution in [2.45, 2.75) is 19.5 Å². The van der Waals surface area contributed by atoms with E-state index in [9.17, 15) is 4.39 Å². The number of piperazine rings is 1. The average molecular weight is 229 g/mol. The standard InChI is InChI=1S/C12H24FN3/c1-11(2)7-16-9-12(13,10-16)8-15-5-3-14-4-6-15/h11,14H,3-10H2,1-2H3. The van der Waals surface area contributed by atoms with Gasteiger partial charge in [-0.15, -0.1) is 0 Å². The van der Waals surface area contributed by atoms with Crippen LogP contribution in [-0.4, -0.2) is 67.8 Å². The van der Waals surface area contributed by atoms with Gasteiger partial charge in [0.2, 0.25) is 0 Å². The maximum absolute atomic E-state index is 14.3. The first-order valence-corrected chi connectivity index (χ1v) is 6.42. The number of alkyl halides is 1. The summed E-state index contributed by atoms with van der Waals surface area (Å²) in [7, 11) is 0. The van der Waals surface area contributed by atoms with Crippen LogP contribution in [0.5, 0.6) is 0 Å². The molecule has 94 valence electrons. The molecule has 0 atom stereocenters. The number of hydrogen-bond acceptors (Lipinski definition) is 3. The van der Waals surface area contributed by atoms with Gasteiger partial charge in [0.25, 0.3) is 0 Å². The minimum Gasteiger partial charge on any atom is -0.314 e. The summed E-state index contributed by atoms with van der Waals surface area (Å²) < 4.78 is 14.3. The molecular weight excluding hydrogens is 205 g/mol. The van der Waals surface area contributed by atoms with E-state index in [1.54, 1.807) is 0 Å². The summed E-state index contributed by atoms with van der Waals surface area (Å²) in [5, 5.41) is 3.30. The molecule has 16 heavy (non-hydrogen) atoms. The third-order valence-corrected chi connectivity index (χ3v) is 3.35. The van der Waals surface area contributed by atoms with Gasteiger partial charge in [0.1, 0.15) is 5.67 Å². The van der Waals surface area contributed by atoms with Crippen molar-refractivity contribution in [1.29, 1.82) is 0 Å². The lowest BCUT2D eigenvalue weighted by molar-refractivity contribution is -0.0593. The SMILES string of the molecule is CC(C)CN1CC(F)(CN2CCNCC2)C1. The van der Waals surface area contributed by atoms with Crippen LogP contribution in [0.25, 0.3) is 0 Å². The fraction of sp³-hybridized carbons (Fsp3) is 1.00. The van der Waals surface area contributed by atoms with E-state index in [-0.39, 0.29) is 0 Å². The number of hydrogen-bond donors (Lipinski definition) is 1. The Morgan fingerprint density at radius 2 is 1.81 bits per heavy atom. The number of rotatable bonds is 4. The van der Waals surface area contributed by atoms with Crippen molar-refractivity contribution in [3.8, 4) is 0 Å². The zero-order chi connectivity index (χ0) is 11.6. The maximum atomic E-state index is 14.3. The van der Waals surface area contributed by atoms with Crippen molar-refractivity contribution >= 4 is 0 Å². The van der Waals surface area contributed by atoms with Gasteiger partial charge in [0, 0.05) is 52.4 Å². The third-order valence-electron chi connectivity index (χ3n) is 3.35. The lowest BCUT2D eigenvalue weighted by Crippen LogP contribution is -2.65. The van der Waals surface area contributed by atoms with Crippen LogP contribution in [-0.2, 0) is 0 Å². The molecule has 0 unspecified atom stereocenters. The zero-order valence-electron chi connectivity index (χ0n) is 10.5. The molecule has 2 heterocycles. The summed E-state index contributed by atoms with van der Waals surface area (Å²) in [5.74, 6) is 0.642. The van der Waals surface area contributed by atoms with Gasteiger partial charge in [-0.2, -0.15) is 0 Å². The van der Waals surface area contributed by atoms with Crippen LogP contribution < -0.4 is 5.32 Å². The number of nitrogens with one attached hydrogen (secondary N) is 1. The van der Waals surface area contributed by atoms with Gasteiger partial charge in [0.05, 0.1) is 0 Å². The first-order valence-electron chi connectivity index (χ1n) is 6.42. The van der Waals surface area contributed by atoms with Gasteiger partial charge >= 0.3 is 0 Å². The molecule has 2 saturated heterocycles. The Balaban J connectivity index is 1.70. The number of nitrogens with zero attached hydrogens (tertiary/aromatic N) is 2. The largest absolute Gasteiger partial charge is 0.314 e. The van der Waals surface area contributed by atoms with Crippen molar-refractivity contribution < 1.29 is 4.39 Å². The molecule has 0 aromatic carbocycles. The summed E-state index contributed by atoms with van der Waals surface area (Å²) in [4.78, 5) is 4.48. The fourth-order valence-corrected chi connectivity index (χ4v) is 2.77. The van der Waals surface area contributed by atoms with E-state index in [0.717, 1.165) is 32.7 Å². The van der Waals surface area contributed by atoms with Crippen molar-refractivity contribution in [3.63, 3.8) is 0 Å². The molecule has 4 heteroatoms. The van der Waals surface area contributed by atoms with Crippen LogP contribution in [0.15, 0.2) is 0 Å². The van der Waals surface area contributed by atoms with Crippen LogP contribution in [0.2, 0.25) is 0 Å². The normalized spacial score (nSPS) is 27.0. The molecule has 0 aromatic rings. The van der Waals surface area contributed by atoms with Gasteiger partial charge in [-0.3, -0.25) is 9.80 Å². The van der Waals surface area contributed by atoms with Gasteiger partial charge < -0.3 is 5.32 Å². The zero-order valence-corrected chi connectivity index (χ0v) is 10.5. The summed E-state index contributed by atoms with van der Waals surface area (Å²) >= 11 is 0. The number of halogens is 1. The minimum absolute atomic E-state index is 0.628. The highest BCUT2D eigenvalue weighted by molar-refractivity contribution is 4.98. The number of likely N-dealkylation sites (tertiary alicyclic amines) is 1. The second-order valence-corrected chi connectivity index (χ2v) is 5.74.